The molecule has 1 heterocycles. The Hall–Kier alpha value is -2.45. The molecule has 0 amide bonds. The van der Waals surface area contributed by atoms with Gasteiger partial charge >= 0.3 is 11.9 Å². The molecule has 1 aromatic carbocycles. The second-order valence-electron chi connectivity index (χ2n) is 5.33. The number of carboxylic acids is 2. The van der Waals surface area contributed by atoms with E-state index in [2.05, 4.69) is 52.0 Å². The Morgan fingerprint density at radius 3 is 2.16 bits per heavy atom. The van der Waals surface area contributed by atoms with E-state index >= 15 is 0 Å². The average Bonchev–Trinajstić information content (AvgIpc) is 2.61. The molecule has 0 bridgehead atoms. The van der Waals surface area contributed by atoms with Gasteiger partial charge in [0.25, 0.3) is 0 Å². The maximum Gasteiger partial charge on any atom is 0.414 e. The molecule has 0 atom stereocenters. The molecule has 1 fully saturated rings. The molecule has 0 unspecified atom stereocenters. The molecule has 136 valence electrons. The molecule has 1 aromatic rings. The summed E-state index contributed by atoms with van der Waals surface area (Å²) < 4.78 is 0. The average molecular weight is 365 g/mol. The summed E-state index contributed by atoms with van der Waals surface area (Å²) in [5, 5.41) is 18.8. The molecule has 0 radical (unpaired) electrons. The molecule has 0 aromatic heterocycles. The summed E-state index contributed by atoms with van der Waals surface area (Å²) >= 11 is 5.36. The van der Waals surface area contributed by atoms with Crippen molar-refractivity contribution in [3.63, 3.8) is 0 Å². The fraction of sp³-hybridized carbons (Fsp3) is 0.353. The Balaban J connectivity index is 0.000000450. The van der Waals surface area contributed by atoms with E-state index in [4.69, 9.17) is 32.0 Å². The first-order valence-corrected chi connectivity index (χ1v) is 8.21. The Morgan fingerprint density at radius 2 is 1.68 bits per heavy atom. The molecular weight excluding hydrogens is 342 g/mol. The van der Waals surface area contributed by atoms with Crippen LogP contribution >= 0.6 is 12.2 Å². The molecule has 0 saturated carbocycles. The van der Waals surface area contributed by atoms with Gasteiger partial charge in [-0.2, -0.15) is 0 Å². The van der Waals surface area contributed by atoms with Gasteiger partial charge in [-0.1, -0.05) is 36.4 Å². The number of hydrogen-bond donors (Lipinski definition) is 3. The highest BCUT2D eigenvalue weighted by Crippen LogP contribution is 2.08. The molecule has 7 nitrogen and oxygen atoms in total. The van der Waals surface area contributed by atoms with E-state index < -0.39 is 11.9 Å². The summed E-state index contributed by atoms with van der Waals surface area (Å²) in [5.41, 5.74) is 1.38. The topological polar surface area (TPSA) is 93.1 Å². The number of benzene rings is 1. The second-order valence-corrected chi connectivity index (χ2v) is 5.72. The van der Waals surface area contributed by atoms with Crippen molar-refractivity contribution in [3.05, 3.63) is 48.6 Å². The van der Waals surface area contributed by atoms with Crippen LogP contribution in [0.25, 0.3) is 0 Å². The number of nitrogens with zero attached hydrogens (tertiary/aromatic N) is 2. The van der Waals surface area contributed by atoms with Crippen LogP contribution in [0.3, 0.4) is 0 Å². The van der Waals surface area contributed by atoms with Crippen molar-refractivity contribution in [2.24, 2.45) is 0 Å². The molecular formula is C17H23N3O4S. The van der Waals surface area contributed by atoms with E-state index in [9.17, 15) is 0 Å². The maximum absolute atomic E-state index is 9.10. The third-order valence-electron chi connectivity index (χ3n) is 3.49. The van der Waals surface area contributed by atoms with Gasteiger partial charge in [-0.3, -0.25) is 4.90 Å². The zero-order valence-corrected chi connectivity index (χ0v) is 14.7. The second kappa shape index (κ2) is 11.2. The summed E-state index contributed by atoms with van der Waals surface area (Å²) in [6.07, 6.45) is 1.83. The number of thiocarbonyl (C=S) groups is 1. The molecule has 1 saturated heterocycles. The third-order valence-corrected chi connectivity index (χ3v) is 3.89. The van der Waals surface area contributed by atoms with E-state index in [1.54, 1.807) is 0 Å². The first kappa shape index (κ1) is 20.6. The van der Waals surface area contributed by atoms with Gasteiger partial charge in [-0.25, -0.2) is 9.59 Å². The van der Waals surface area contributed by atoms with Gasteiger partial charge in [0.15, 0.2) is 5.11 Å². The lowest BCUT2D eigenvalue weighted by atomic mass is 10.2. The fourth-order valence-corrected chi connectivity index (χ4v) is 2.49. The van der Waals surface area contributed by atoms with Crippen molar-refractivity contribution in [3.8, 4) is 0 Å². The van der Waals surface area contributed by atoms with Gasteiger partial charge in [-0.15, -0.1) is 6.58 Å². The van der Waals surface area contributed by atoms with Gasteiger partial charge in [0.2, 0.25) is 0 Å². The van der Waals surface area contributed by atoms with Crippen LogP contribution in [0.15, 0.2) is 43.0 Å². The minimum atomic E-state index is -1.82. The summed E-state index contributed by atoms with van der Waals surface area (Å²) in [6.45, 7) is 9.57. The summed E-state index contributed by atoms with van der Waals surface area (Å²) in [6, 6.07) is 10.6. The molecule has 3 N–H and O–H groups in total. The highest BCUT2D eigenvalue weighted by molar-refractivity contribution is 7.80. The van der Waals surface area contributed by atoms with Crippen LogP contribution in [0.4, 0.5) is 0 Å². The SMILES string of the molecule is C=CCNC(=S)N1CCN(Cc2ccccc2)CC1.O=C(O)C(=O)O. The van der Waals surface area contributed by atoms with Gasteiger partial charge in [0, 0.05) is 39.3 Å². The van der Waals surface area contributed by atoms with Gasteiger partial charge in [0.05, 0.1) is 0 Å². The lowest BCUT2D eigenvalue weighted by Gasteiger charge is -2.36. The molecule has 2 rings (SSSR count). The predicted molar refractivity (Wildman–Crippen MR) is 99.4 cm³/mol. The highest BCUT2D eigenvalue weighted by atomic mass is 32.1. The van der Waals surface area contributed by atoms with E-state index in [-0.39, 0.29) is 0 Å². The Bertz CT molecular complexity index is 575. The van der Waals surface area contributed by atoms with Crippen LogP contribution in [0, 0.1) is 0 Å². The zero-order valence-electron chi connectivity index (χ0n) is 13.9. The maximum atomic E-state index is 9.10. The summed E-state index contributed by atoms with van der Waals surface area (Å²) in [7, 11) is 0. The third kappa shape index (κ3) is 8.27. The smallest absolute Gasteiger partial charge is 0.414 e. The minimum absolute atomic E-state index is 0.739. The predicted octanol–water partition coefficient (Wildman–Crippen LogP) is 1.02. The number of rotatable bonds is 4. The molecule has 0 spiro atoms. The van der Waals surface area contributed by atoms with Crippen molar-refractivity contribution >= 4 is 29.3 Å². The normalized spacial score (nSPS) is 14.0. The number of carbonyl (C=O) groups is 2. The fourth-order valence-electron chi connectivity index (χ4n) is 2.22. The van der Waals surface area contributed by atoms with E-state index in [1.807, 2.05) is 6.08 Å². The van der Waals surface area contributed by atoms with Crippen LogP contribution in [0.5, 0.6) is 0 Å². The molecule has 1 aliphatic heterocycles. The highest BCUT2D eigenvalue weighted by Gasteiger charge is 2.18. The first-order valence-electron chi connectivity index (χ1n) is 7.80. The van der Waals surface area contributed by atoms with Gasteiger partial charge < -0.3 is 20.4 Å². The van der Waals surface area contributed by atoms with Crippen LogP contribution in [0.2, 0.25) is 0 Å². The zero-order chi connectivity index (χ0) is 18.7. The summed E-state index contributed by atoms with van der Waals surface area (Å²) in [5.74, 6) is -3.65. The van der Waals surface area contributed by atoms with Crippen molar-refractivity contribution in [2.45, 2.75) is 6.54 Å². The number of aliphatic carboxylic acids is 2. The number of carboxylic acid groups (broad SMARTS) is 2. The van der Waals surface area contributed by atoms with E-state index in [0.29, 0.717) is 0 Å². The van der Waals surface area contributed by atoms with Crippen LogP contribution < -0.4 is 5.32 Å². The van der Waals surface area contributed by atoms with Gasteiger partial charge in [-0.05, 0) is 17.8 Å². The van der Waals surface area contributed by atoms with E-state index in [1.165, 1.54) is 5.56 Å². The van der Waals surface area contributed by atoms with Crippen molar-refractivity contribution in [2.75, 3.05) is 32.7 Å². The van der Waals surface area contributed by atoms with E-state index in [0.717, 1.165) is 44.4 Å². The number of hydrogen-bond acceptors (Lipinski definition) is 4. The van der Waals surface area contributed by atoms with Gasteiger partial charge in [0.1, 0.15) is 0 Å². The van der Waals surface area contributed by atoms with Crippen molar-refractivity contribution in [1.82, 2.24) is 15.1 Å². The largest absolute Gasteiger partial charge is 0.473 e. The molecule has 1 aliphatic rings. The minimum Gasteiger partial charge on any atom is -0.473 e. The standard InChI is InChI=1S/C15H21N3S.C2H2O4/c1-2-8-16-15(19)18-11-9-17(10-12-18)13-14-6-4-3-5-7-14;3-1(4)2(5)6/h2-7H,1,8-13H2,(H,16,19);(H,3,4)(H,5,6). The Morgan fingerprint density at radius 1 is 1.12 bits per heavy atom. The van der Waals surface area contributed by atoms with Crippen LogP contribution in [0.1, 0.15) is 5.56 Å². The molecule has 0 aliphatic carbocycles. The quantitative estimate of drug-likeness (QED) is 0.414. The Labute approximate surface area is 152 Å². The van der Waals surface area contributed by atoms with Crippen LogP contribution in [-0.4, -0.2) is 69.8 Å². The number of nitrogens with one attached hydrogen (secondary N) is 1. The lowest BCUT2D eigenvalue weighted by molar-refractivity contribution is -0.159. The molecule has 8 heteroatoms. The van der Waals surface area contributed by atoms with Crippen molar-refractivity contribution < 1.29 is 19.8 Å². The summed E-state index contributed by atoms with van der Waals surface area (Å²) in [4.78, 5) is 22.9. The monoisotopic (exact) mass is 365 g/mol. The van der Waals surface area contributed by atoms with Crippen molar-refractivity contribution in [1.29, 1.82) is 0 Å². The lowest BCUT2D eigenvalue weighted by Crippen LogP contribution is -2.51. The first-order chi connectivity index (χ1) is 11.9. The van der Waals surface area contributed by atoms with Crippen LogP contribution in [-0.2, 0) is 16.1 Å². The Kier molecular flexibility index (Phi) is 9.20. The molecule has 25 heavy (non-hydrogen) atoms. The number of piperazine rings is 1.